The first-order valence-corrected chi connectivity index (χ1v) is 6.51. The molecular weight excluding hydrogens is 222 g/mol. The van der Waals surface area contributed by atoms with Crippen molar-refractivity contribution in [1.82, 2.24) is 15.1 Å². The van der Waals surface area contributed by atoms with E-state index in [-0.39, 0.29) is 0 Å². The van der Waals surface area contributed by atoms with Crippen molar-refractivity contribution in [3.8, 4) is 0 Å². The van der Waals surface area contributed by atoms with Crippen LogP contribution in [0, 0.1) is 5.92 Å². The fraction of sp³-hybridized carbons (Fsp3) is 0.750. The van der Waals surface area contributed by atoms with Gasteiger partial charge in [0.05, 0.1) is 6.20 Å². The van der Waals surface area contributed by atoms with Gasteiger partial charge in [-0.3, -0.25) is 4.68 Å². The SMILES string of the molecule is Cn1cc(CCNCC2CCCC2Cl)cn1. The summed E-state index contributed by atoms with van der Waals surface area (Å²) in [5, 5.41) is 8.04. The van der Waals surface area contributed by atoms with Gasteiger partial charge in [0.1, 0.15) is 0 Å². The zero-order valence-electron chi connectivity index (χ0n) is 9.82. The van der Waals surface area contributed by atoms with Crippen molar-refractivity contribution in [1.29, 1.82) is 0 Å². The van der Waals surface area contributed by atoms with Crippen LogP contribution in [-0.2, 0) is 13.5 Å². The molecule has 0 aliphatic heterocycles. The van der Waals surface area contributed by atoms with Gasteiger partial charge in [-0.15, -0.1) is 11.6 Å². The summed E-state index contributed by atoms with van der Waals surface area (Å²) >= 11 is 6.22. The van der Waals surface area contributed by atoms with Crippen LogP contribution in [-0.4, -0.2) is 28.2 Å². The first-order chi connectivity index (χ1) is 7.75. The molecule has 0 radical (unpaired) electrons. The van der Waals surface area contributed by atoms with E-state index in [1.165, 1.54) is 24.8 Å². The van der Waals surface area contributed by atoms with Crippen molar-refractivity contribution >= 4 is 11.6 Å². The first kappa shape index (κ1) is 11.9. The van der Waals surface area contributed by atoms with Crippen LogP contribution in [0.15, 0.2) is 12.4 Å². The fourth-order valence-corrected chi connectivity index (χ4v) is 2.71. The van der Waals surface area contributed by atoms with Crippen LogP contribution in [0.5, 0.6) is 0 Å². The second kappa shape index (κ2) is 5.69. The van der Waals surface area contributed by atoms with E-state index in [9.17, 15) is 0 Å². The summed E-state index contributed by atoms with van der Waals surface area (Å²) < 4.78 is 1.85. The van der Waals surface area contributed by atoms with Crippen LogP contribution < -0.4 is 5.32 Å². The van der Waals surface area contributed by atoms with Gasteiger partial charge >= 0.3 is 0 Å². The number of rotatable bonds is 5. The lowest BCUT2D eigenvalue weighted by atomic mass is 10.1. The highest BCUT2D eigenvalue weighted by atomic mass is 35.5. The van der Waals surface area contributed by atoms with Gasteiger partial charge in [-0.25, -0.2) is 0 Å². The molecule has 0 bridgehead atoms. The minimum Gasteiger partial charge on any atom is -0.316 e. The summed E-state index contributed by atoms with van der Waals surface area (Å²) in [4.78, 5) is 0. The molecule has 1 saturated carbocycles. The Labute approximate surface area is 102 Å². The minimum absolute atomic E-state index is 0.394. The average molecular weight is 242 g/mol. The van der Waals surface area contributed by atoms with E-state index in [2.05, 4.69) is 16.6 Å². The highest BCUT2D eigenvalue weighted by molar-refractivity contribution is 6.20. The average Bonchev–Trinajstić information content (AvgIpc) is 2.83. The number of halogens is 1. The maximum atomic E-state index is 6.22. The van der Waals surface area contributed by atoms with E-state index >= 15 is 0 Å². The van der Waals surface area contributed by atoms with Gasteiger partial charge in [0, 0.05) is 18.6 Å². The Morgan fingerprint density at radius 3 is 3.06 bits per heavy atom. The summed E-state index contributed by atoms with van der Waals surface area (Å²) in [6.45, 7) is 2.08. The lowest BCUT2D eigenvalue weighted by molar-refractivity contribution is 0.496. The maximum absolute atomic E-state index is 6.22. The Kier molecular flexibility index (Phi) is 4.24. The third-order valence-electron chi connectivity index (χ3n) is 3.32. The first-order valence-electron chi connectivity index (χ1n) is 6.08. The summed E-state index contributed by atoms with van der Waals surface area (Å²) in [7, 11) is 1.95. The maximum Gasteiger partial charge on any atom is 0.0522 e. The van der Waals surface area contributed by atoms with Crippen molar-refractivity contribution in [2.24, 2.45) is 13.0 Å². The molecule has 2 atom stereocenters. The van der Waals surface area contributed by atoms with Crippen LogP contribution in [0.3, 0.4) is 0 Å². The fourth-order valence-electron chi connectivity index (χ4n) is 2.34. The molecule has 16 heavy (non-hydrogen) atoms. The van der Waals surface area contributed by atoms with E-state index in [1.54, 1.807) is 0 Å². The Balaban J connectivity index is 1.61. The molecule has 1 N–H and O–H groups in total. The molecule has 1 aromatic heterocycles. The Morgan fingerprint density at radius 1 is 1.56 bits per heavy atom. The number of aryl methyl sites for hydroxylation is 1. The van der Waals surface area contributed by atoms with E-state index in [0.717, 1.165) is 19.5 Å². The van der Waals surface area contributed by atoms with E-state index in [1.807, 2.05) is 17.9 Å². The molecular formula is C12H20ClN3. The predicted molar refractivity (Wildman–Crippen MR) is 66.8 cm³/mol. The molecule has 4 heteroatoms. The molecule has 1 aliphatic carbocycles. The number of hydrogen-bond acceptors (Lipinski definition) is 2. The standard InChI is InChI=1S/C12H20ClN3/c1-16-9-10(7-15-16)5-6-14-8-11-3-2-4-12(11)13/h7,9,11-12,14H,2-6,8H2,1H3. The smallest absolute Gasteiger partial charge is 0.0522 e. The molecule has 1 heterocycles. The van der Waals surface area contributed by atoms with Gasteiger partial charge in [-0.1, -0.05) is 6.42 Å². The Bertz CT molecular complexity index is 324. The van der Waals surface area contributed by atoms with Crippen LogP contribution in [0.1, 0.15) is 24.8 Å². The Hall–Kier alpha value is -0.540. The minimum atomic E-state index is 0.394. The molecule has 0 saturated heterocycles. The van der Waals surface area contributed by atoms with Crippen molar-refractivity contribution in [3.05, 3.63) is 18.0 Å². The third-order valence-corrected chi connectivity index (χ3v) is 3.90. The zero-order chi connectivity index (χ0) is 11.4. The Morgan fingerprint density at radius 2 is 2.44 bits per heavy atom. The summed E-state index contributed by atoms with van der Waals surface area (Å²) in [6, 6.07) is 0. The zero-order valence-corrected chi connectivity index (χ0v) is 10.6. The van der Waals surface area contributed by atoms with Crippen LogP contribution in [0.2, 0.25) is 0 Å². The molecule has 0 spiro atoms. The number of aromatic nitrogens is 2. The summed E-state index contributed by atoms with van der Waals surface area (Å²) in [5.74, 6) is 0.676. The van der Waals surface area contributed by atoms with Gasteiger partial charge in [-0.2, -0.15) is 5.10 Å². The summed E-state index contributed by atoms with van der Waals surface area (Å²) in [6.07, 6.45) is 8.82. The van der Waals surface area contributed by atoms with Crippen LogP contribution in [0.25, 0.3) is 0 Å². The lowest BCUT2D eigenvalue weighted by Gasteiger charge is -2.13. The van der Waals surface area contributed by atoms with Crippen molar-refractivity contribution in [2.75, 3.05) is 13.1 Å². The third kappa shape index (κ3) is 3.22. The summed E-state index contributed by atoms with van der Waals surface area (Å²) in [5.41, 5.74) is 1.30. The number of hydrogen-bond donors (Lipinski definition) is 1. The number of alkyl halides is 1. The lowest BCUT2D eigenvalue weighted by Crippen LogP contribution is -2.27. The highest BCUT2D eigenvalue weighted by Crippen LogP contribution is 2.29. The quantitative estimate of drug-likeness (QED) is 0.631. The second-order valence-electron chi connectivity index (χ2n) is 4.68. The van der Waals surface area contributed by atoms with Gasteiger partial charge in [-0.05, 0) is 43.8 Å². The predicted octanol–water partition coefficient (Wildman–Crippen LogP) is 1.96. The molecule has 0 aromatic carbocycles. The van der Waals surface area contributed by atoms with Gasteiger partial charge in [0.25, 0.3) is 0 Å². The molecule has 2 unspecified atom stereocenters. The molecule has 1 aromatic rings. The number of nitrogens with zero attached hydrogens (tertiary/aromatic N) is 2. The molecule has 1 aliphatic rings. The van der Waals surface area contributed by atoms with Gasteiger partial charge < -0.3 is 5.32 Å². The molecule has 2 rings (SSSR count). The van der Waals surface area contributed by atoms with E-state index in [0.29, 0.717) is 11.3 Å². The molecule has 1 fully saturated rings. The largest absolute Gasteiger partial charge is 0.316 e. The van der Waals surface area contributed by atoms with Gasteiger partial charge in [0.15, 0.2) is 0 Å². The molecule has 90 valence electrons. The molecule has 0 amide bonds. The second-order valence-corrected chi connectivity index (χ2v) is 5.24. The van der Waals surface area contributed by atoms with Crippen molar-refractivity contribution in [2.45, 2.75) is 31.1 Å². The highest BCUT2D eigenvalue weighted by Gasteiger charge is 2.24. The van der Waals surface area contributed by atoms with E-state index < -0.39 is 0 Å². The van der Waals surface area contributed by atoms with Crippen molar-refractivity contribution < 1.29 is 0 Å². The normalized spacial score (nSPS) is 25.1. The van der Waals surface area contributed by atoms with E-state index in [4.69, 9.17) is 11.6 Å². The monoisotopic (exact) mass is 241 g/mol. The molecule has 3 nitrogen and oxygen atoms in total. The topological polar surface area (TPSA) is 29.9 Å². The van der Waals surface area contributed by atoms with Gasteiger partial charge in [0.2, 0.25) is 0 Å². The number of nitrogens with one attached hydrogen (secondary N) is 1. The van der Waals surface area contributed by atoms with Crippen LogP contribution >= 0.6 is 11.6 Å². The van der Waals surface area contributed by atoms with Crippen molar-refractivity contribution in [3.63, 3.8) is 0 Å². The van der Waals surface area contributed by atoms with Crippen LogP contribution in [0.4, 0.5) is 0 Å².